The first kappa shape index (κ1) is 19.8. The molecule has 150 valence electrons. The van der Waals surface area contributed by atoms with Crippen LogP contribution in [0, 0.1) is 13.8 Å². The van der Waals surface area contributed by atoms with Crippen molar-refractivity contribution in [1.82, 2.24) is 4.57 Å². The molecule has 4 rings (SSSR count). The molecule has 0 unspecified atom stereocenters. The third-order valence-corrected chi connectivity index (χ3v) is 5.96. The monoisotopic (exact) mass is 383 g/mol. The molecule has 1 heteroatoms. The van der Waals surface area contributed by atoms with Crippen molar-refractivity contribution >= 4 is 21.8 Å². The zero-order valence-corrected chi connectivity index (χ0v) is 19.1. The highest BCUT2D eigenvalue weighted by atomic mass is 15.0. The number of hydrogen-bond acceptors (Lipinski definition) is 0. The number of fused-ring (bicyclic) bond motifs is 3. The maximum Gasteiger partial charge on any atom is 0.0541 e. The molecule has 1 heterocycles. The molecule has 0 N–H and O–H groups in total. The zero-order chi connectivity index (χ0) is 21.1. The molecule has 4 aromatic rings. The van der Waals surface area contributed by atoms with E-state index in [1.807, 2.05) is 0 Å². The Labute approximate surface area is 175 Å². The van der Waals surface area contributed by atoms with Gasteiger partial charge in [-0.3, -0.25) is 0 Å². The average Bonchev–Trinajstić information content (AvgIpc) is 2.92. The quantitative estimate of drug-likeness (QED) is 0.314. The van der Waals surface area contributed by atoms with E-state index < -0.39 is 0 Å². The van der Waals surface area contributed by atoms with Crippen LogP contribution in [0.5, 0.6) is 0 Å². The van der Waals surface area contributed by atoms with Crippen LogP contribution in [0.1, 0.15) is 63.8 Å². The van der Waals surface area contributed by atoms with Crippen molar-refractivity contribution in [3.63, 3.8) is 0 Å². The van der Waals surface area contributed by atoms with E-state index in [1.54, 1.807) is 0 Å². The first-order valence-corrected chi connectivity index (χ1v) is 10.6. The van der Waals surface area contributed by atoms with Gasteiger partial charge in [0.2, 0.25) is 0 Å². The molecule has 0 saturated heterocycles. The highest BCUT2D eigenvalue weighted by Gasteiger charge is 2.20. The van der Waals surface area contributed by atoms with Gasteiger partial charge in [0.05, 0.1) is 11.0 Å². The lowest BCUT2D eigenvalue weighted by Crippen LogP contribution is -2.10. The minimum Gasteiger partial charge on any atom is -0.309 e. The van der Waals surface area contributed by atoms with Crippen LogP contribution in [0.4, 0.5) is 0 Å². The minimum absolute atomic E-state index is 0.129. The molecule has 0 spiro atoms. The topological polar surface area (TPSA) is 4.93 Å². The lowest BCUT2D eigenvalue weighted by molar-refractivity contribution is 0.590. The Morgan fingerprint density at radius 2 is 0.966 bits per heavy atom. The number of hydrogen-bond donors (Lipinski definition) is 0. The molecule has 0 atom stereocenters. The maximum atomic E-state index is 2.43. The largest absolute Gasteiger partial charge is 0.309 e. The normalized spacial score (nSPS) is 12.8. The van der Waals surface area contributed by atoms with Gasteiger partial charge in [-0.2, -0.15) is 0 Å². The molecule has 0 aliphatic heterocycles. The second-order valence-corrected chi connectivity index (χ2v) is 10.6. The molecule has 1 aromatic heterocycles. The van der Waals surface area contributed by atoms with Crippen LogP contribution in [-0.4, -0.2) is 4.57 Å². The van der Waals surface area contributed by atoms with E-state index in [2.05, 4.69) is 115 Å². The number of rotatable bonds is 1. The number of benzene rings is 3. The molecule has 3 aromatic carbocycles. The molecule has 0 bridgehead atoms. The standard InChI is InChI=1S/C28H33N/c1-18-13-19(2)15-22(14-18)29-25-11-9-20(27(3,4)5)16-23(25)24-17-21(28(6,7)8)10-12-26(24)29/h9-17H,1-8H3. The van der Waals surface area contributed by atoms with Crippen molar-refractivity contribution in [1.29, 1.82) is 0 Å². The average molecular weight is 384 g/mol. The van der Waals surface area contributed by atoms with Crippen LogP contribution in [0.2, 0.25) is 0 Å². The van der Waals surface area contributed by atoms with Gasteiger partial charge in [-0.05, 0) is 83.3 Å². The summed E-state index contributed by atoms with van der Waals surface area (Å²) in [6.07, 6.45) is 0. The Bertz CT molecular complexity index is 1130. The fourth-order valence-electron chi connectivity index (χ4n) is 4.31. The highest BCUT2D eigenvalue weighted by molar-refractivity contribution is 6.09. The summed E-state index contributed by atoms with van der Waals surface area (Å²) in [6.45, 7) is 18.1. The Kier molecular flexibility index (Phi) is 4.42. The summed E-state index contributed by atoms with van der Waals surface area (Å²) in [5.74, 6) is 0. The molecule has 0 saturated carbocycles. The molecule has 0 radical (unpaired) electrons. The van der Waals surface area contributed by atoms with Gasteiger partial charge in [-0.25, -0.2) is 0 Å². The summed E-state index contributed by atoms with van der Waals surface area (Å²) >= 11 is 0. The van der Waals surface area contributed by atoms with Crippen LogP contribution in [-0.2, 0) is 10.8 Å². The molecule has 0 aliphatic carbocycles. The third-order valence-electron chi connectivity index (χ3n) is 5.96. The summed E-state index contributed by atoms with van der Waals surface area (Å²) in [5, 5.41) is 2.69. The van der Waals surface area contributed by atoms with Gasteiger partial charge >= 0.3 is 0 Å². The fraction of sp³-hybridized carbons (Fsp3) is 0.357. The first-order chi connectivity index (χ1) is 13.4. The predicted octanol–water partition coefficient (Wildman–Crippen LogP) is 8.00. The Morgan fingerprint density at radius 1 is 0.552 bits per heavy atom. The molecule has 29 heavy (non-hydrogen) atoms. The SMILES string of the molecule is Cc1cc(C)cc(-n2c3ccc(C(C)(C)C)cc3c3cc(C(C)(C)C)ccc32)c1. The molecule has 0 aliphatic rings. The smallest absolute Gasteiger partial charge is 0.0541 e. The summed E-state index contributed by atoms with van der Waals surface area (Å²) in [7, 11) is 0. The van der Waals surface area contributed by atoms with E-state index in [0.29, 0.717) is 0 Å². The van der Waals surface area contributed by atoms with E-state index in [1.165, 1.54) is 49.7 Å². The number of aryl methyl sites for hydroxylation is 2. The van der Waals surface area contributed by atoms with Crippen molar-refractivity contribution in [2.75, 3.05) is 0 Å². The third kappa shape index (κ3) is 3.48. The molecule has 0 amide bonds. The summed E-state index contributed by atoms with van der Waals surface area (Å²) in [4.78, 5) is 0. The van der Waals surface area contributed by atoms with Gasteiger partial charge in [-0.1, -0.05) is 59.7 Å². The van der Waals surface area contributed by atoms with E-state index in [-0.39, 0.29) is 10.8 Å². The Balaban J connectivity index is 2.14. The van der Waals surface area contributed by atoms with Gasteiger partial charge < -0.3 is 4.57 Å². The van der Waals surface area contributed by atoms with Gasteiger partial charge in [0.15, 0.2) is 0 Å². The van der Waals surface area contributed by atoms with Crippen molar-refractivity contribution in [2.45, 2.75) is 66.2 Å². The summed E-state index contributed by atoms with van der Waals surface area (Å²) in [5.41, 5.74) is 9.42. The van der Waals surface area contributed by atoms with E-state index in [4.69, 9.17) is 0 Å². The van der Waals surface area contributed by atoms with Crippen molar-refractivity contribution in [3.8, 4) is 5.69 Å². The van der Waals surface area contributed by atoms with Gasteiger partial charge in [-0.15, -0.1) is 0 Å². The van der Waals surface area contributed by atoms with E-state index >= 15 is 0 Å². The van der Waals surface area contributed by atoms with Gasteiger partial charge in [0.1, 0.15) is 0 Å². The Hall–Kier alpha value is -2.54. The summed E-state index contributed by atoms with van der Waals surface area (Å²) in [6, 6.07) is 20.9. The van der Waals surface area contributed by atoms with Crippen LogP contribution >= 0.6 is 0 Å². The van der Waals surface area contributed by atoms with Crippen LogP contribution in [0.3, 0.4) is 0 Å². The van der Waals surface area contributed by atoms with Crippen LogP contribution in [0.15, 0.2) is 54.6 Å². The lowest BCUT2D eigenvalue weighted by atomic mass is 9.85. The summed E-state index contributed by atoms with van der Waals surface area (Å²) < 4.78 is 2.43. The van der Waals surface area contributed by atoms with E-state index in [0.717, 1.165) is 0 Å². The van der Waals surface area contributed by atoms with Gasteiger partial charge in [0, 0.05) is 16.5 Å². The second-order valence-electron chi connectivity index (χ2n) is 10.6. The van der Waals surface area contributed by atoms with Crippen LogP contribution < -0.4 is 0 Å². The van der Waals surface area contributed by atoms with E-state index in [9.17, 15) is 0 Å². The molecular weight excluding hydrogens is 350 g/mol. The fourth-order valence-corrected chi connectivity index (χ4v) is 4.31. The number of aromatic nitrogens is 1. The molecular formula is C28H33N. The second kappa shape index (κ2) is 6.49. The van der Waals surface area contributed by atoms with Crippen molar-refractivity contribution in [2.24, 2.45) is 0 Å². The highest BCUT2D eigenvalue weighted by Crippen LogP contribution is 2.37. The lowest BCUT2D eigenvalue weighted by Gasteiger charge is -2.19. The number of nitrogens with zero attached hydrogens (tertiary/aromatic N) is 1. The first-order valence-electron chi connectivity index (χ1n) is 10.6. The maximum absolute atomic E-state index is 2.43. The zero-order valence-electron chi connectivity index (χ0n) is 19.1. The van der Waals surface area contributed by atoms with Crippen LogP contribution in [0.25, 0.3) is 27.5 Å². The predicted molar refractivity (Wildman–Crippen MR) is 128 cm³/mol. The Morgan fingerprint density at radius 3 is 1.34 bits per heavy atom. The van der Waals surface area contributed by atoms with Crippen molar-refractivity contribution in [3.05, 3.63) is 76.9 Å². The molecule has 1 nitrogen and oxygen atoms in total. The van der Waals surface area contributed by atoms with Gasteiger partial charge in [0.25, 0.3) is 0 Å². The van der Waals surface area contributed by atoms with Crippen molar-refractivity contribution < 1.29 is 0 Å². The minimum atomic E-state index is 0.129. The molecule has 0 fully saturated rings.